The molecule has 2 bridgehead atoms. The lowest BCUT2D eigenvalue weighted by atomic mass is 9.84. The van der Waals surface area contributed by atoms with Gasteiger partial charge in [-0.3, -0.25) is 0 Å². The highest BCUT2D eigenvalue weighted by Gasteiger charge is 2.56. The third-order valence-corrected chi connectivity index (χ3v) is 3.41. The lowest BCUT2D eigenvalue weighted by Gasteiger charge is -2.25. The second-order valence-corrected chi connectivity index (χ2v) is 4.20. The maximum absolute atomic E-state index is 12.5. The quantitative estimate of drug-likeness (QED) is 0.686. The Morgan fingerprint density at radius 1 is 1.08 bits per heavy atom. The van der Waals surface area contributed by atoms with E-state index in [4.69, 9.17) is 5.73 Å². The SMILES string of the molecule is Cl.NC12CCC(C(F)F)(CC1)C2. The van der Waals surface area contributed by atoms with Gasteiger partial charge in [-0.2, -0.15) is 0 Å². The van der Waals surface area contributed by atoms with Crippen LogP contribution < -0.4 is 5.73 Å². The molecule has 0 atom stereocenters. The monoisotopic (exact) mass is 197 g/mol. The lowest BCUT2D eigenvalue weighted by Crippen LogP contribution is -2.33. The Hall–Kier alpha value is 0.110. The predicted octanol–water partition coefficient (Wildman–Crippen LogP) is 2.33. The van der Waals surface area contributed by atoms with Gasteiger partial charge in [0, 0.05) is 11.0 Å². The van der Waals surface area contributed by atoms with E-state index in [0.29, 0.717) is 19.3 Å². The van der Waals surface area contributed by atoms with Gasteiger partial charge in [0.2, 0.25) is 6.43 Å². The molecule has 0 unspecified atom stereocenters. The molecule has 2 saturated carbocycles. The molecule has 2 fully saturated rings. The summed E-state index contributed by atoms with van der Waals surface area (Å²) in [5, 5.41) is 0. The number of hydrogen-bond donors (Lipinski definition) is 1. The summed E-state index contributed by atoms with van der Waals surface area (Å²) < 4.78 is 25.1. The first kappa shape index (κ1) is 10.2. The van der Waals surface area contributed by atoms with E-state index in [1.54, 1.807) is 0 Å². The molecule has 2 aliphatic rings. The highest BCUT2D eigenvalue weighted by molar-refractivity contribution is 5.85. The van der Waals surface area contributed by atoms with Crippen molar-refractivity contribution in [1.29, 1.82) is 0 Å². The molecular weight excluding hydrogens is 184 g/mol. The van der Waals surface area contributed by atoms with Gasteiger partial charge in [0.15, 0.2) is 0 Å². The standard InChI is InChI=1S/C8H13F2N.ClH/c9-6(10)7-1-3-8(11,5-7)4-2-7;/h6H,1-5,11H2;1H. The van der Waals surface area contributed by atoms with Crippen LogP contribution in [0.15, 0.2) is 0 Å². The lowest BCUT2D eigenvalue weighted by molar-refractivity contribution is 0.00163. The summed E-state index contributed by atoms with van der Waals surface area (Å²) in [7, 11) is 0. The summed E-state index contributed by atoms with van der Waals surface area (Å²) in [6.07, 6.45) is 1.28. The van der Waals surface area contributed by atoms with Crippen molar-refractivity contribution in [2.24, 2.45) is 11.1 Å². The molecule has 0 radical (unpaired) electrons. The zero-order chi connectivity index (χ0) is 8.11. The summed E-state index contributed by atoms with van der Waals surface area (Å²) in [4.78, 5) is 0. The van der Waals surface area contributed by atoms with Crippen LogP contribution in [0.1, 0.15) is 32.1 Å². The Balaban J connectivity index is 0.000000720. The van der Waals surface area contributed by atoms with E-state index < -0.39 is 11.8 Å². The first-order chi connectivity index (χ1) is 5.06. The second kappa shape index (κ2) is 2.81. The Morgan fingerprint density at radius 3 is 1.75 bits per heavy atom. The van der Waals surface area contributed by atoms with E-state index in [0.717, 1.165) is 12.8 Å². The summed E-state index contributed by atoms with van der Waals surface area (Å²) in [6, 6.07) is 0. The Labute approximate surface area is 77.1 Å². The summed E-state index contributed by atoms with van der Waals surface area (Å²) in [6.45, 7) is 0. The Bertz CT molecular complexity index is 176. The van der Waals surface area contributed by atoms with Gasteiger partial charge in [-0.05, 0) is 32.1 Å². The molecule has 0 aromatic heterocycles. The molecular formula is C8H14ClF2N. The fraction of sp³-hybridized carbons (Fsp3) is 1.00. The molecule has 2 N–H and O–H groups in total. The molecule has 4 heteroatoms. The normalized spacial score (nSPS) is 45.0. The zero-order valence-corrected chi connectivity index (χ0v) is 7.67. The maximum Gasteiger partial charge on any atom is 0.244 e. The average Bonchev–Trinajstić information content (AvgIpc) is 2.42. The highest BCUT2D eigenvalue weighted by Crippen LogP contribution is 2.57. The van der Waals surface area contributed by atoms with Gasteiger partial charge >= 0.3 is 0 Å². The first-order valence-electron chi connectivity index (χ1n) is 4.14. The number of halogens is 3. The van der Waals surface area contributed by atoms with E-state index in [-0.39, 0.29) is 17.9 Å². The third kappa shape index (κ3) is 1.23. The number of rotatable bonds is 1. The maximum atomic E-state index is 12.5. The molecule has 0 amide bonds. The minimum Gasteiger partial charge on any atom is -0.325 e. The van der Waals surface area contributed by atoms with Crippen molar-refractivity contribution in [2.45, 2.75) is 44.1 Å². The molecule has 0 aromatic carbocycles. The van der Waals surface area contributed by atoms with Crippen molar-refractivity contribution in [1.82, 2.24) is 0 Å². The van der Waals surface area contributed by atoms with Gasteiger partial charge in [0.25, 0.3) is 0 Å². The largest absolute Gasteiger partial charge is 0.325 e. The topological polar surface area (TPSA) is 26.0 Å². The van der Waals surface area contributed by atoms with Gasteiger partial charge in [-0.15, -0.1) is 12.4 Å². The Morgan fingerprint density at radius 2 is 1.58 bits per heavy atom. The summed E-state index contributed by atoms with van der Waals surface area (Å²) in [5.41, 5.74) is 4.98. The Kier molecular flexibility index (Phi) is 2.39. The van der Waals surface area contributed by atoms with Crippen LogP contribution in [0.3, 0.4) is 0 Å². The van der Waals surface area contributed by atoms with Crippen molar-refractivity contribution < 1.29 is 8.78 Å². The number of hydrogen-bond acceptors (Lipinski definition) is 1. The van der Waals surface area contributed by atoms with Crippen LogP contribution in [0, 0.1) is 5.41 Å². The number of fused-ring (bicyclic) bond motifs is 2. The van der Waals surface area contributed by atoms with Crippen LogP contribution in [0.4, 0.5) is 8.78 Å². The van der Waals surface area contributed by atoms with Crippen LogP contribution in [0.25, 0.3) is 0 Å². The van der Waals surface area contributed by atoms with Gasteiger partial charge in [-0.25, -0.2) is 8.78 Å². The number of alkyl halides is 2. The molecule has 72 valence electrons. The molecule has 0 aromatic rings. The second-order valence-electron chi connectivity index (χ2n) is 4.20. The number of nitrogens with two attached hydrogens (primary N) is 1. The van der Waals surface area contributed by atoms with Crippen LogP contribution in [0.5, 0.6) is 0 Å². The smallest absolute Gasteiger partial charge is 0.244 e. The molecule has 0 heterocycles. The van der Waals surface area contributed by atoms with E-state index in [9.17, 15) is 8.78 Å². The molecule has 0 aliphatic heterocycles. The van der Waals surface area contributed by atoms with E-state index in [2.05, 4.69) is 0 Å². The molecule has 2 rings (SSSR count). The van der Waals surface area contributed by atoms with Crippen molar-refractivity contribution in [3.05, 3.63) is 0 Å². The van der Waals surface area contributed by atoms with Gasteiger partial charge in [-0.1, -0.05) is 0 Å². The fourth-order valence-electron chi connectivity index (χ4n) is 2.60. The molecule has 0 saturated heterocycles. The van der Waals surface area contributed by atoms with Crippen LogP contribution >= 0.6 is 12.4 Å². The third-order valence-electron chi connectivity index (χ3n) is 3.41. The predicted molar refractivity (Wildman–Crippen MR) is 45.7 cm³/mol. The first-order valence-corrected chi connectivity index (χ1v) is 4.14. The van der Waals surface area contributed by atoms with Crippen molar-refractivity contribution in [2.75, 3.05) is 0 Å². The van der Waals surface area contributed by atoms with Crippen molar-refractivity contribution in [3.63, 3.8) is 0 Å². The van der Waals surface area contributed by atoms with Gasteiger partial charge < -0.3 is 5.73 Å². The fourth-order valence-corrected chi connectivity index (χ4v) is 2.60. The minimum atomic E-state index is -2.16. The van der Waals surface area contributed by atoms with Crippen molar-refractivity contribution >= 4 is 12.4 Å². The molecule has 12 heavy (non-hydrogen) atoms. The highest BCUT2D eigenvalue weighted by atomic mass is 35.5. The van der Waals surface area contributed by atoms with Crippen LogP contribution in [-0.2, 0) is 0 Å². The minimum absolute atomic E-state index is 0. The van der Waals surface area contributed by atoms with Gasteiger partial charge in [0.1, 0.15) is 0 Å². The molecule has 0 spiro atoms. The average molecular weight is 198 g/mol. The zero-order valence-electron chi connectivity index (χ0n) is 6.85. The van der Waals surface area contributed by atoms with E-state index in [1.807, 2.05) is 0 Å². The van der Waals surface area contributed by atoms with Crippen molar-refractivity contribution in [3.8, 4) is 0 Å². The van der Waals surface area contributed by atoms with E-state index >= 15 is 0 Å². The summed E-state index contributed by atoms with van der Waals surface area (Å²) in [5.74, 6) is 0. The molecule has 1 nitrogen and oxygen atoms in total. The van der Waals surface area contributed by atoms with E-state index in [1.165, 1.54) is 0 Å². The molecule has 2 aliphatic carbocycles. The van der Waals surface area contributed by atoms with Crippen LogP contribution in [0.2, 0.25) is 0 Å². The van der Waals surface area contributed by atoms with Crippen LogP contribution in [-0.4, -0.2) is 12.0 Å². The van der Waals surface area contributed by atoms with Gasteiger partial charge in [0.05, 0.1) is 0 Å². The summed E-state index contributed by atoms with van der Waals surface area (Å²) >= 11 is 0.